The zero-order valence-electron chi connectivity index (χ0n) is 11.6. The third kappa shape index (κ3) is 3.34. The number of halogens is 2. The van der Waals surface area contributed by atoms with Gasteiger partial charge in [0, 0.05) is 29.9 Å². The quantitative estimate of drug-likeness (QED) is 0.681. The van der Waals surface area contributed by atoms with Crippen molar-refractivity contribution >= 4 is 11.4 Å². The van der Waals surface area contributed by atoms with Crippen LogP contribution in [0.15, 0.2) is 30.3 Å². The maximum Gasteiger partial charge on any atom is 0.305 e. The Morgan fingerprint density at radius 1 is 1.14 bits per heavy atom. The summed E-state index contributed by atoms with van der Waals surface area (Å²) in [5.74, 6) is -1.98. The number of rotatable bonds is 4. The highest BCUT2D eigenvalue weighted by molar-refractivity contribution is 5.52. The fraction of sp³-hybridized carbons (Fsp3) is 0.200. The van der Waals surface area contributed by atoms with Gasteiger partial charge >= 0.3 is 5.69 Å². The monoisotopic (exact) mass is 292 g/mol. The van der Waals surface area contributed by atoms with Gasteiger partial charge in [0.15, 0.2) is 0 Å². The fourth-order valence-electron chi connectivity index (χ4n) is 2.06. The van der Waals surface area contributed by atoms with Crippen molar-refractivity contribution in [2.75, 3.05) is 5.32 Å². The molecule has 2 aromatic carbocycles. The standard InChI is InChI=1S/C15H14F2N2O2/c1-9-3-4-14(10(2)5-9)18-8-11-6-15(19(20)21)13(17)7-12(11)16/h3-7,18H,8H2,1-2H3. The second-order valence-electron chi connectivity index (χ2n) is 4.82. The predicted octanol–water partition coefficient (Wildman–Crippen LogP) is 4.10. The number of hydrogen-bond acceptors (Lipinski definition) is 3. The molecule has 0 aliphatic rings. The van der Waals surface area contributed by atoms with Gasteiger partial charge in [0.05, 0.1) is 4.92 Å². The van der Waals surface area contributed by atoms with Crippen LogP contribution in [0.5, 0.6) is 0 Å². The summed E-state index contributed by atoms with van der Waals surface area (Å²) < 4.78 is 26.9. The zero-order chi connectivity index (χ0) is 15.6. The normalized spacial score (nSPS) is 10.5. The molecule has 0 bridgehead atoms. The Morgan fingerprint density at radius 2 is 1.86 bits per heavy atom. The largest absolute Gasteiger partial charge is 0.381 e. The van der Waals surface area contributed by atoms with Crippen molar-refractivity contribution < 1.29 is 13.7 Å². The summed E-state index contributed by atoms with van der Waals surface area (Å²) in [6, 6.07) is 7.17. The molecule has 0 radical (unpaired) electrons. The van der Waals surface area contributed by atoms with Crippen LogP contribution in [0, 0.1) is 35.6 Å². The molecule has 110 valence electrons. The summed E-state index contributed by atoms with van der Waals surface area (Å²) >= 11 is 0. The van der Waals surface area contributed by atoms with Gasteiger partial charge in [0.2, 0.25) is 5.82 Å². The van der Waals surface area contributed by atoms with Crippen molar-refractivity contribution in [1.82, 2.24) is 0 Å². The molecule has 0 spiro atoms. The van der Waals surface area contributed by atoms with E-state index in [0.717, 1.165) is 22.9 Å². The molecular formula is C15H14F2N2O2. The first-order chi connectivity index (χ1) is 9.88. The Kier molecular flexibility index (Phi) is 4.16. The van der Waals surface area contributed by atoms with Crippen molar-refractivity contribution in [1.29, 1.82) is 0 Å². The maximum absolute atomic E-state index is 13.7. The summed E-state index contributed by atoms with van der Waals surface area (Å²) in [6.45, 7) is 3.90. The number of nitro benzene ring substituents is 1. The highest BCUT2D eigenvalue weighted by Crippen LogP contribution is 2.23. The van der Waals surface area contributed by atoms with Crippen molar-refractivity contribution in [2.45, 2.75) is 20.4 Å². The summed E-state index contributed by atoms with van der Waals surface area (Å²) in [7, 11) is 0. The van der Waals surface area contributed by atoms with Gasteiger partial charge in [-0.1, -0.05) is 17.7 Å². The van der Waals surface area contributed by atoms with E-state index >= 15 is 0 Å². The molecule has 0 aliphatic carbocycles. The van der Waals surface area contributed by atoms with Crippen LogP contribution < -0.4 is 5.32 Å². The molecule has 2 rings (SSSR count). The lowest BCUT2D eigenvalue weighted by Crippen LogP contribution is -2.05. The van der Waals surface area contributed by atoms with Crippen molar-refractivity contribution in [3.8, 4) is 0 Å². The lowest BCUT2D eigenvalue weighted by Gasteiger charge is -2.11. The Labute approximate surface area is 120 Å². The van der Waals surface area contributed by atoms with E-state index in [9.17, 15) is 18.9 Å². The highest BCUT2D eigenvalue weighted by Gasteiger charge is 2.18. The minimum atomic E-state index is -1.17. The SMILES string of the molecule is Cc1ccc(NCc2cc([N+](=O)[O-])c(F)cc2F)c(C)c1. The maximum atomic E-state index is 13.7. The second kappa shape index (κ2) is 5.87. The predicted molar refractivity (Wildman–Crippen MR) is 76.3 cm³/mol. The van der Waals surface area contributed by atoms with E-state index in [1.165, 1.54) is 0 Å². The third-order valence-electron chi connectivity index (χ3n) is 3.16. The average molecular weight is 292 g/mol. The van der Waals surface area contributed by atoms with Crippen LogP contribution in [0.3, 0.4) is 0 Å². The molecule has 6 heteroatoms. The minimum absolute atomic E-state index is 0.0385. The van der Waals surface area contributed by atoms with Crippen LogP contribution in [0.1, 0.15) is 16.7 Å². The lowest BCUT2D eigenvalue weighted by molar-refractivity contribution is -0.387. The number of benzene rings is 2. The number of nitrogens with one attached hydrogen (secondary N) is 1. The van der Waals surface area contributed by atoms with E-state index in [2.05, 4.69) is 5.32 Å². The van der Waals surface area contributed by atoms with Gasteiger partial charge in [-0.05, 0) is 25.5 Å². The Morgan fingerprint density at radius 3 is 2.48 bits per heavy atom. The molecule has 0 heterocycles. The van der Waals surface area contributed by atoms with E-state index in [4.69, 9.17) is 0 Å². The Balaban J connectivity index is 2.23. The molecule has 0 saturated heterocycles. The van der Waals surface area contributed by atoms with Gasteiger partial charge in [-0.3, -0.25) is 10.1 Å². The van der Waals surface area contributed by atoms with E-state index < -0.39 is 22.2 Å². The van der Waals surface area contributed by atoms with Crippen molar-refractivity contribution in [3.05, 3.63) is 68.8 Å². The highest BCUT2D eigenvalue weighted by atomic mass is 19.1. The first-order valence-corrected chi connectivity index (χ1v) is 6.32. The molecule has 21 heavy (non-hydrogen) atoms. The van der Waals surface area contributed by atoms with Crippen LogP contribution in [-0.4, -0.2) is 4.92 Å². The van der Waals surface area contributed by atoms with Crippen LogP contribution in [-0.2, 0) is 6.54 Å². The first-order valence-electron chi connectivity index (χ1n) is 6.32. The molecular weight excluding hydrogens is 278 g/mol. The van der Waals surface area contributed by atoms with Gasteiger partial charge in [-0.15, -0.1) is 0 Å². The Bertz CT molecular complexity index is 702. The molecule has 0 saturated carbocycles. The lowest BCUT2D eigenvalue weighted by atomic mass is 10.1. The number of nitro groups is 1. The van der Waals surface area contributed by atoms with Gasteiger partial charge in [-0.2, -0.15) is 4.39 Å². The molecule has 0 aromatic heterocycles. The van der Waals surface area contributed by atoms with Crippen LogP contribution in [0.2, 0.25) is 0 Å². The Hall–Kier alpha value is -2.50. The van der Waals surface area contributed by atoms with Crippen molar-refractivity contribution in [3.63, 3.8) is 0 Å². The molecule has 0 aliphatic heterocycles. The van der Waals surface area contributed by atoms with Crippen LogP contribution in [0.4, 0.5) is 20.2 Å². The number of hydrogen-bond donors (Lipinski definition) is 1. The van der Waals surface area contributed by atoms with E-state index in [-0.39, 0.29) is 12.1 Å². The molecule has 0 amide bonds. The second-order valence-corrected chi connectivity index (χ2v) is 4.82. The minimum Gasteiger partial charge on any atom is -0.381 e. The van der Waals surface area contributed by atoms with Gasteiger partial charge < -0.3 is 5.32 Å². The topological polar surface area (TPSA) is 55.2 Å². The van der Waals surface area contributed by atoms with E-state index in [0.29, 0.717) is 6.07 Å². The number of aryl methyl sites for hydroxylation is 2. The average Bonchev–Trinajstić information content (AvgIpc) is 2.39. The van der Waals surface area contributed by atoms with Crippen LogP contribution in [0.25, 0.3) is 0 Å². The third-order valence-corrected chi connectivity index (χ3v) is 3.16. The van der Waals surface area contributed by atoms with Gasteiger partial charge in [-0.25, -0.2) is 4.39 Å². The molecule has 0 fully saturated rings. The molecule has 0 atom stereocenters. The smallest absolute Gasteiger partial charge is 0.305 e. The summed E-state index contributed by atoms with van der Waals surface area (Å²) in [5, 5.41) is 13.7. The van der Waals surface area contributed by atoms with E-state index in [1.54, 1.807) is 0 Å². The molecule has 4 nitrogen and oxygen atoms in total. The zero-order valence-corrected chi connectivity index (χ0v) is 11.6. The fourth-order valence-corrected chi connectivity index (χ4v) is 2.06. The van der Waals surface area contributed by atoms with Crippen molar-refractivity contribution in [2.24, 2.45) is 0 Å². The summed E-state index contributed by atoms with van der Waals surface area (Å²) in [4.78, 5) is 9.81. The van der Waals surface area contributed by atoms with Gasteiger partial charge in [0.1, 0.15) is 5.82 Å². The van der Waals surface area contributed by atoms with Crippen LogP contribution >= 0.6 is 0 Å². The summed E-state index contributed by atoms with van der Waals surface area (Å²) in [5.41, 5.74) is 2.19. The number of anilines is 1. The summed E-state index contributed by atoms with van der Waals surface area (Å²) in [6.07, 6.45) is 0. The first kappa shape index (κ1) is 14.9. The van der Waals surface area contributed by atoms with Gasteiger partial charge in [0.25, 0.3) is 0 Å². The van der Waals surface area contributed by atoms with E-state index in [1.807, 2.05) is 32.0 Å². The number of nitrogens with zero attached hydrogens (tertiary/aromatic N) is 1. The molecule has 2 aromatic rings. The molecule has 1 N–H and O–H groups in total. The molecule has 0 unspecified atom stereocenters.